The fourth-order valence-corrected chi connectivity index (χ4v) is 4.06. The highest BCUT2D eigenvalue weighted by Gasteiger charge is 2.33. The van der Waals surface area contributed by atoms with Crippen molar-refractivity contribution in [1.82, 2.24) is 4.90 Å². The Balaban J connectivity index is 1.87. The van der Waals surface area contributed by atoms with E-state index in [0.717, 1.165) is 17.0 Å². The summed E-state index contributed by atoms with van der Waals surface area (Å²) in [4.78, 5) is 25.4. The fourth-order valence-electron chi connectivity index (χ4n) is 2.35. The second-order valence-corrected chi connectivity index (χ2v) is 7.83. The Morgan fingerprint density at radius 2 is 1.69 bits per heavy atom. The highest BCUT2D eigenvalue weighted by atomic mass is 35.5. The molecule has 2 rings (SSSR count). The minimum Gasteiger partial charge on any atom is -0.336 e. The van der Waals surface area contributed by atoms with E-state index >= 15 is 0 Å². The van der Waals surface area contributed by atoms with Gasteiger partial charge in [-0.25, -0.2) is 0 Å². The SMILES string of the molecule is CN(CC(=O)Nc1ccccc1C(F)(F)F)C(=O)CSCc1c(Cl)cccc1Cl. The predicted octanol–water partition coefficient (Wildman–Crippen LogP) is 5.34. The largest absolute Gasteiger partial charge is 0.418 e. The summed E-state index contributed by atoms with van der Waals surface area (Å²) in [5.41, 5.74) is -0.596. The molecule has 1 N–H and O–H groups in total. The minimum absolute atomic E-state index is 0.0600. The van der Waals surface area contributed by atoms with E-state index in [1.807, 2.05) is 0 Å². The van der Waals surface area contributed by atoms with E-state index in [1.165, 1.54) is 30.9 Å². The van der Waals surface area contributed by atoms with Crippen LogP contribution in [0.3, 0.4) is 0 Å². The van der Waals surface area contributed by atoms with Gasteiger partial charge in [-0.2, -0.15) is 13.2 Å². The molecule has 0 heterocycles. The van der Waals surface area contributed by atoms with Crippen molar-refractivity contribution in [2.45, 2.75) is 11.9 Å². The van der Waals surface area contributed by atoms with E-state index in [2.05, 4.69) is 5.32 Å². The van der Waals surface area contributed by atoms with Gasteiger partial charge < -0.3 is 10.2 Å². The number of halogens is 5. The van der Waals surface area contributed by atoms with Gasteiger partial charge in [-0.15, -0.1) is 11.8 Å². The Bertz CT molecular complexity index is 874. The molecule has 0 fully saturated rings. The number of amides is 2. The van der Waals surface area contributed by atoms with Gasteiger partial charge in [-0.05, 0) is 29.8 Å². The number of hydrogen-bond donors (Lipinski definition) is 1. The van der Waals surface area contributed by atoms with Crippen molar-refractivity contribution >= 4 is 52.5 Å². The Hall–Kier alpha value is -1.90. The van der Waals surface area contributed by atoms with Crippen molar-refractivity contribution in [2.24, 2.45) is 0 Å². The first-order valence-electron chi connectivity index (χ1n) is 8.30. The summed E-state index contributed by atoms with van der Waals surface area (Å²) >= 11 is 13.4. The molecule has 4 nitrogen and oxygen atoms in total. The molecule has 0 spiro atoms. The first-order valence-corrected chi connectivity index (χ1v) is 10.2. The zero-order chi connectivity index (χ0) is 21.6. The van der Waals surface area contributed by atoms with Crippen LogP contribution >= 0.6 is 35.0 Å². The molecular formula is C19H17Cl2F3N2O2S. The van der Waals surface area contributed by atoms with Gasteiger partial charge in [0.1, 0.15) is 0 Å². The van der Waals surface area contributed by atoms with Gasteiger partial charge in [0.15, 0.2) is 0 Å². The van der Waals surface area contributed by atoms with Gasteiger partial charge in [-0.1, -0.05) is 41.4 Å². The third kappa shape index (κ3) is 6.83. The first kappa shape index (κ1) is 23.4. The number of carbonyl (C=O) groups is 2. The molecule has 0 aliphatic rings. The average Bonchev–Trinajstić information content (AvgIpc) is 2.63. The van der Waals surface area contributed by atoms with Crippen molar-refractivity contribution in [3.63, 3.8) is 0 Å². The van der Waals surface area contributed by atoms with E-state index < -0.39 is 17.6 Å². The lowest BCUT2D eigenvalue weighted by atomic mass is 10.1. The van der Waals surface area contributed by atoms with Crippen molar-refractivity contribution in [2.75, 3.05) is 24.7 Å². The molecule has 0 radical (unpaired) electrons. The summed E-state index contributed by atoms with van der Waals surface area (Å²) in [5.74, 6) is -0.609. The van der Waals surface area contributed by atoms with E-state index in [4.69, 9.17) is 23.2 Å². The van der Waals surface area contributed by atoms with Crippen LogP contribution in [-0.4, -0.2) is 36.1 Å². The molecule has 0 saturated carbocycles. The summed E-state index contributed by atoms with van der Waals surface area (Å²) in [6.07, 6.45) is -4.60. The Morgan fingerprint density at radius 3 is 2.31 bits per heavy atom. The molecule has 0 aromatic heterocycles. The maximum atomic E-state index is 13.0. The zero-order valence-corrected chi connectivity index (χ0v) is 17.6. The maximum Gasteiger partial charge on any atom is 0.418 e. The Kier molecular flexibility index (Phi) is 8.24. The number of thioether (sulfide) groups is 1. The van der Waals surface area contributed by atoms with Crippen LogP contribution in [0.1, 0.15) is 11.1 Å². The Morgan fingerprint density at radius 1 is 1.07 bits per heavy atom. The van der Waals surface area contributed by atoms with Crippen LogP contribution in [0.4, 0.5) is 18.9 Å². The molecule has 0 bridgehead atoms. The van der Waals surface area contributed by atoms with Gasteiger partial charge in [0.2, 0.25) is 11.8 Å². The van der Waals surface area contributed by atoms with Crippen molar-refractivity contribution in [3.8, 4) is 0 Å². The summed E-state index contributed by atoms with van der Waals surface area (Å²) in [6, 6.07) is 9.76. The highest BCUT2D eigenvalue weighted by Crippen LogP contribution is 2.34. The van der Waals surface area contributed by atoms with E-state index in [1.54, 1.807) is 18.2 Å². The van der Waals surface area contributed by atoms with Crippen LogP contribution in [0, 0.1) is 0 Å². The second-order valence-electron chi connectivity index (χ2n) is 6.03. The number of nitrogens with one attached hydrogen (secondary N) is 1. The molecular weight excluding hydrogens is 448 g/mol. The monoisotopic (exact) mass is 464 g/mol. The number of anilines is 1. The molecule has 0 atom stereocenters. The smallest absolute Gasteiger partial charge is 0.336 e. The molecule has 0 unspecified atom stereocenters. The number of nitrogens with zero attached hydrogens (tertiary/aromatic N) is 1. The normalized spacial score (nSPS) is 11.2. The lowest BCUT2D eigenvalue weighted by molar-refractivity contribution is -0.137. The molecule has 0 aliphatic carbocycles. The van der Waals surface area contributed by atoms with Crippen LogP contribution in [0.5, 0.6) is 0 Å². The summed E-state index contributed by atoms with van der Waals surface area (Å²) in [5, 5.41) is 3.19. The summed E-state index contributed by atoms with van der Waals surface area (Å²) in [6.45, 7) is -0.377. The van der Waals surface area contributed by atoms with Crippen LogP contribution < -0.4 is 5.32 Å². The standard InChI is InChI=1S/C19H17Cl2F3N2O2S/c1-26(18(28)11-29-10-12-14(20)6-4-7-15(12)21)9-17(27)25-16-8-3-2-5-13(16)19(22,23)24/h2-8H,9-11H2,1H3,(H,25,27). The van der Waals surface area contributed by atoms with Gasteiger partial charge >= 0.3 is 6.18 Å². The van der Waals surface area contributed by atoms with Crippen LogP contribution in [0.25, 0.3) is 0 Å². The van der Waals surface area contributed by atoms with Crippen molar-refractivity contribution in [3.05, 3.63) is 63.6 Å². The van der Waals surface area contributed by atoms with Gasteiger partial charge in [0, 0.05) is 22.8 Å². The van der Waals surface area contributed by atoms with Crippen molar-refractivity contribution in [1.29, 1.82) is 0 Å². The average molecular weight is 465 g/mol. The number of para-hydroxylation sites is 1. The number of hydrogen-bond acceptors (Lipinski definition) is 3. The van der Waals surface area contributed by atoms with Crippen molar-refractivity contribution < 1.29 is 22.8 Å². The first-order chi connectivity index (χ1) is 13.6. The minimum atomic E-state index is -4.60. The molecule has 10 heteroatoms. The number of alkyl halides is 3. The van der Waals surface area contributed by atoms with Crippen LogP contribution in [0.2, 0.25) is 10.0 Å². The van der Waals surface area contributed by atoms with E-state index in [-0.39, 0.29) is 23.9 Å². The number of benzene rings is 2. The molecule has 2 aromatic rings. The number of rotatable bonds is 7. The highest BCUT2D eigenvalue weighted by molar-refractivity contribution is 7.99. The quantitative estimate of drug-likeness (QED) is 0.601. The Labute approximate surface area is 180 Å². The molecule has 0 aliphatic heterocycles. The lowest BCUT2D eigenvalue weighted by Crippen LogP contribution is -2.36. The molecule has 156 valence electrons. The third-order valence-corrected chi connectivity index (χ3v) is 5.50. The fraction of sp³-hybridized carbons (Fsp3) is 0.263. The maximum absolute atomic E-state index is 13.0. The predicted molar refractivity (Wildman–Crippen MR) is 110 cm³/mol. The second kappa shape index (κ2) is 10.2. The van der Waals surface area contributed by atoms with Gasteiger partial charge in [0.05, 0.1) is 23.5 Å². The lowest BCUT2D eigenvalue weighted by Gasteiger charge is -2.18. The van der Waals surface area contributed by atoms with Crippen LogP contribution in [0.15, 0.2) is 42.5 Å². The third-order valence-electron chi connectivity index (χ3n) is 3.85. The molecule has 29 heavy (non-hydrogen) atoms. The van der Waals surface area contributed by atoms with E-state index in [0.29, 0.717) is 21.4 Å². The van der Waals surface area contributed by atoms with E-state index in [9.17, 15) is 22.8 Å². The topological polar surface area (TPSA) is 49.4 Å². The summed E-state index contributed by atoms with van der Waals surface area (Å²) in [7, 11) is 1.40. The van der Waals surface area contributed by atoms with Gasteiger partial charge in [-0.3, -0.25) is 9.59 Å². The molecule has 2 amide bonds. The molecule has 0 saturated heterocycles. The number of carbonyl (C=O) groups excluding carboxylic acids is 2. The van der Waals surface area contributed by atoms with Crippen LogP contribution in [-0.2, 0) is 21.5 Å². The summed E-state index contributed by atoms with van der Waals surface area (Å²) < 4.78 is 39.0. The number of likely N-dealkylation sites (N-methyl/N-ethyl adjacent to an activating group) is 1. The zero-order valence-electron chi connectivity index (χ0n) is 15.2. The molecule has 2 aromatic carbocycles. The van der Waals surface area contributed by atoms with Gasteiger partial charge in [0.25, 0.3) is 0 Å².